The Morgan fingerprint density at radius 2 is 1.78 bits per heavy atom. The topological polar surface area (TPSA) is 73.2 Å². The highest BCUT2D eigenvalue weighted by Crippen LogP contribution is 2.37. The standard InChI is InChI=1S/C29H34F3N3O2/c1-21(2)28(20-33,23-11-4-3-5-12-23)16-7-6-15-26(36)35-17-9-14-25(35)27(37)34-19-22-10-8-13-24(18-22)29(30,31)32/h3-5,8,10-13,18,21,25H,6-7,9,14-17,19H2,1-2H3,(H,34,37)/t25-,28+/m1/s1. The van der Waals surface area contributed by atoms with Crippen LogP contribution < -0.4 is 5.32 Å². The van der Waals surface area contributed by atoms with E-state index in [2.05, 4.69) is 11.4 Å². The van der Waals surface area contributed by atoms with Crippen LogP contribution in [0.1, 0.15) is 69.1 Å². The molecule has 1 aliphatic heterocycles. The van der Waals surface area contributed by atoms with Crippen molar-refractivity contribution in [1.29, 1.82) is 5.26 Å². The van der Waals surface area contributed by atoms with E-state index in [9.17, 15) is 28.0 Å². The predicted molar refractivity (Wildman–Crippen MR) is 135 cm³/mol. The van der Waals surface area contributed by atoms with Gasteiger partial charge < -0.3 is 10.2 Å². The maximum Gasteiger partial charge on any atom is 0.416 e. The Morgan fingerprint density at radius 3 is 2.43 bits per heavy atom. The zero-order valence-corrected chi connectivity index (χ0v) is 21.4. The molecule has 1 saturated heterocycles. The van der Waals surface area contributed by atoms with Crippen LogP contribution in [0.5, 0.6) is 0 Å². The summed E-state index contributed by atoms with van der Waals surface area (Å²) in [6.45, 7) is 4.52. The third kappa shape index (κ3) is 6.91. The van der Waals surface area contributed by atoms with E-state index in [0.29, 0.717) is 44.2 Å². The number of benzene rings is 2. The fourth-order valence-corrected chi connectivity index (χ4v) is 5.08. The summed E-state index contributed by atoms with van der Waals surface area (Å²) in [6, 6.07) is 16.5. The van der Waals surface area contributed by atoms with Gasteiger partial charge in [-0.2, -0.15) is 18.4 Å². The first kappa shape index (κ1) is 28.2. The van der Waals surface area contributed by atoms with Crippen LogP contribution in [0.4, 0.5) is 13.2 Å². The number of alkyl halides is 3. The Kier molecular flexibility index (Phi) is 9.36. The monoisotopic (exact) mass is 513 g/mol. The Morgan fingerprint density at radius 1 is 1.08 bits per heavy atom. The maximum absolute atomic E-state index is 12.9. The van der Waals surface area contributed by atoms with Crippen molar-refractivity contribution in [1.82, 2.24) is 10.2 Å². The van der Waals surface area contributed by atoms with E-state index < -0.39 is 23.2 Å². The predicted octanol–water partition coefficient (Wildman–Crippen LogP) is 5.99. The smallest absolute Gasteiger partial charge is 0.350 e. The van der Waals surface area contributed by atoms with Gasteiger partial charge in [-0.15, -0.1) is 0 Å². The van der Waals surface area contributed by atoms with Crippen LogP contribution in [-0.4, -0.2) is 29.3 Å². The highest BCUT2D eigenvalue weighted by molar-refractivity contribution is 5.88. The van der Waals surface area contributed by atoms with Crippen LogP contribution >= 0.6 is 0 Å². The van der Waals surface area contributed by atoms with Crippen molar-refractivity contribution in [2.45, 2.75) is 76.6 Å². The van der Waals surface area contributed by atoms with Crippen molar-refractivity contribution < 1.29 is 22.8 Å². The second-order valence-electron chi connectivity index (χ2n) is 9.97. The number of nitrogens with one attached hydrogen (secondary N) is 1. The Labute approximate surface area is 216 Å². The lowest BCUT2D eigenvalue weighted by molar-refractivity contribution is -0.138. The van der Waals surface area contributed by atoms with Crippen molar-refractivity contribution in [3.8, 4) is 6.07 Å². The molecule has 0 aromatic heterocycles. The summed E-state index contributed by atoms with van der Waals surface area (Å²) in [5, 5.41) is 12.7. The van der Waals surface area contributed by atoms with E-state index in [1.165, 1.54) is 12.1 Å². The Balaban J connectivity index is 1.53. The fourth-order valence-electron chi connectivity index (χ4n) is 5.08. The summed E-state index contributed by atoms with van der Waals surface area (Å²) in [5.41, 5.74) is -0.0504. The number of nitrogens with zero attached hydrogens (tertiary/aromatic N) is 2. The molecular formula is C29H34F3N3O2. The second-order valence-corrected chi connectivity index (χ2v) is 9.97. The molecule has 2 aromatic carbocycles. The number of rotatable bonds is 10. The normalized spacial score (nSPS) is 17.3. The first-order chi connectivity index (χ1) is 17.6. The molecule has 0 spiro atoms. The van der Waals surface area contributed by atoms with Gasteiger partial charge in [0.1, 0.15) is 6.04 Å². The van der Waals surface area contributed by atoms with Gasteiger partial charge in [-0.1, -0.05) is 62.7 Å². The second kappa shape index (κ2) is 12.3. The van der Waals surface area contributed by atoms with E-state index in [4.69, 9.17) is 0 Å². The minimum Gasteiger partial charge on any atom is -0.350 e. The molecule has 0 radical (unpaired) electrons. The minimum absolute atomic E-state index is 0.0355. The zero-order valence-electron chi connectivity index (χ0n) is 21.4. The molecule has 1 N–H and O–H groups in total. The molecule has 1 heterocycles. The quantitative estimate of drug-likeness (QED) is 0.397. The fraction of sp³-hybridized carbons (Fsp3) is 0.483. The first-order valence-corrected chi connectivity index (χ1v) is 12.8. The van der Waals surface area contributed by atoms with E-state index in [-0.39, 0.29) is 30.7 Å². The number of carbonyl (C=O) groups is 2. The molecule has 5 nitrogen and oxygen atoms in total. The van der Waals surface area contributed by atoms with Crippen molar-refractivity contribution in [2.24, 2.45) is 5.92 Å². The summed E-state index contributed by atoms with van der Waals surface area (Å²) < 4.78 is 38.8. The Bertz CT molecular complexity index is 1110. The molecule has 3 rings (SSSR count). The lowest BCUT2D eigenvalue weighted by Gasteiger charge is -2.31. The van der Waals surface area contributed by atoms with Gasteiger partial charge in [-0.3, -0.25) is 9.59 Å². The molecule has 1 aliphatic rings. The van der Waals surface area contributed by atoms with E-state index in [1.807, 2.05) is 44.2 Å². The summed E-state index contributed by atoms with van der Waals surface area (Å²) in [4.78, 5) is 27.3. The number of halogens is 3. The average molecular weight is 514 g/mol. The molecule has 0 aliphatic carbocycles. The SMILES string of the molecule is CC(C)[C@@](C#N)(CCCCC(=O)N1CCC[C@@H]1C(=O)NCc1cccc(C(F)(F)F)c1)c1ccccc1. The van der Waals surface area contributed by atoms with Gasteiger partial charge in [-0.25, -0.2) is 0 Å². The van der Waals surface area contributed by atoms with Gasteiger partial charge in [-0.05, 0) is 54.9 Å². The molecule has 1 fully saturated rings. The lowest BCUT2D eigenvalue weighted by Crippen LogP contribution is -2.45. The van der Waals surface area contributed by atoms with Crippen LogP contribution in [0.25, 0.3) is 0 Å². The van der Waals surface area contributed by atoms with Crippen molar-refractivity contribution >= 4 is 11.8 Å². The summed E-state index contributed by atoms with van der Waals surface area (Å²) >= 11 is 0. The van der Waals surface area contributed by atoms with Gasteiger partial charge in [0.25, 0.3) is 0 Å². The highest BCUT2D eigenvalue weighted by Gasteiger charge is 2.36. The van der Waals surface area contributed by atoms with Crippen LogP contribution in [0.2, 0.25) is 0 Å². The number of hydrogen-bond acceptors (Lipinski definition) is 3. The van der Waals surface area contributed by atoms with Crippen molar-refractivity contribution in [2.75, 3.05) is 6.54 Å². The summed E-state index contributed by atoms with van der Waals surface area (Å²) in [7, 11) is 0. The van der Waals surface area contributed by atoms with Crippen LogP contribution in [0.15, 0.2) is 54.6 Å². The maximum atomic E-state index is 12.9. The van der Waals surface area contributed by atoms with Crippen molar-refractivity contribution in [3.05, 3.63) is 71.3 Å². The van der Waals surface area contributed by atoms with Gasteiger partial charge >= 0.3 is 6.18 Å². The molecule has 37 heavy (non-hydrogen) atoms. The van der Waals surface area contributed by atoms with Crippen molar-refractivity contribution in [3.63, 3.8) is 0 Å². The molecule has 0 bridgehead atoms. The molecule has 8 heteroatoms. The molecule has 2 atom stereocenters. The van der Waals surface area contributed by atoms with Gasteiger partial charge in [0, 0.05) is 19.5 Å². The van der Waals surface area contributed by atoms with Gasteiger partial charge in [0.15, 0.2) is 0 Å². The summed E-state index contributed by atoms with van der Waals surface area (Å²) in [6.07, 6.45) is -0.988. The number of unbranched alkanes of at least 4 members (excludes halogenated alkanes) is 1. The van der Waals surface area contributed by atoms with Gasteiger partial charge in [0.05, 0.1) is 17.0 Å². The number of carbonyl (C=O) groups excluding carboxylic acids is 2. The van der Waals surface area contributed by atoms with Crippen LogP contribution in [0.3, 0.4) is 0 Å². The largest absolute Gasteiger partial charge is 0.416 e. The summed E-state index contributed by atoms with van der Waals surface area (Å²) in [5.74, 6) is -0.349. The number of likely N-dealkylation sites (tertiary alicyclic amines) is 1. The molecule has 0 saturated carbocycles. The highest BCUT2D eigenvalue weighted by atomic mass is 19.4. The van der Waals surface area contributed by atoms with E-state index in [0.717, 1.165) is 17.7 Å². The van der Waals surface area contributed by atoms with E-state index in [1.54, 1.807) is 4.90 Å². The molecule has 0 unspecified atom stereocenters. The molecule has 2 amide bonds. The van der Waals surface area contributed by atoms with Gasteiger partial charge in [0.2, 0.25) is 11.8 Å². The average Bonchev–Trinajstić information content (AvgIpc) is 3.38. The molecule has 198 valence electrons. The third-order valence-corrected chi connectivity index (χ3v) is 7.28. The molecule has 2 aromatic rings. The lowest BCUT2D eigenvalue weighted by atomic mass is 9.69. The number of hydrogen-bond donors (Lipinski definition) is 1. The van der Waals surface area contributed by atoms with Crippen LogP contribution in [0, 0.1) is 17.2 Å². The van der Waals surface area contributed by atoms with E-state index >= 15 is 0 Å². The van der Waals surface area contributed by atoms with Crippen LogP contribution in [-0.2, 0) is 27.7 Å². The third-order valence-electron chi connectivity index (χ3n) is 7.28. The first-order valence-electron chi connectivity index (χ1n) is 12.8. The zero-order chi connectivity index (χ0) is 27.1. The number of amides is 2. The molecular weight excluding hydrogens is 479 g/mol. The minimum atomic E-state index is -4.45. The number of nitriles is 1. The Hall–Kier alpha value is -3.34.